The van der Waals surface area contributed by atoms with Crippen LogP contribution in [0.4, 0.5) is 5.13 Å². The van der Waals surface area contributed by atoms with Crippen LogP contribution in [0, 0.1) is 5.41 Å². The summed E-state index contributed by atoms with van der Waals surface area (Å²) in [5.74, 6) is 0.882. The lowest BCUT2D eigenvalue weighted by Gasteiger charge is -2.39. The lowest BCUT2D eigenvalue weighted by atomic mass is 9.93. The second-order valence-corrected chi connectivity index (χ2v) is 8.59. The molecule has 1 saturated heterocycles. The highest BCUT2D eigenvalue weighted by atomic mass is 32.1. The SMILES string of the molecule is CN(C(=O)C(C)(C)C)C1CCCN(c2nnc(C3CC3)s2)C1. The number of hydrogen-bond acceptors (Lipinski definition) is 5. The molecule has 0 bridgehead atoms. The van der Waals surface area contributed by atoms with Crippen molar-refractivity contribution < 1.29 is 4.79 Å². The van der Waals surface area contributed by atoms with Gasteiger partial charge in [0, 0.05) is 37.5 Å². The predicted octanol–water partition coefficient (Wildman–Crippen LogP) is 2.89. The number of carbonyl (C=O) groups excluding carboxylic acids is 1. The molecule has 0 spiro atoms. The molecule has 2 heterocycles. The van der Waals surface area contributed by atoms with E-state index in [-0.39, 0.29) is 17.4 Å². The van der Waals surface area contributed by atoms with Crippen LogP contribution in [0.2, 0.25) is 0 Å². The van der Waals surface area contributed by atoms with Crippen molar-refractivity contribution in [1.82, 2.24) is 15.1 Å². The summed E-state index contributed by atoms with van der Waals surface area (Å²) < 4.78 is 0. The molecule has 2 fully saturated rings. The van der Waals surface area contributed by atoms with E-state index in [0.717, 1.165) is 31.1 Å². The third-order valence-corrected chi connectivity index (χ3v) is 5.68. The molecule has 0 aromatic carbocycles. The Bertz CT molecular complexity index is 547. The van der Waals surface area contributed by atoms with Crippen molar-refractivity contribution >= 4 is 22.4 Å². The summed E-state index contributed by atoms with van der Waals surface area (Å²) in [5.41, 5.74) is -0.321. The van der Waals surface area contributed by atoms with Crippen molar-refractivity contribution in [2.24, 2.45) is 5.41 Å². The van der Waals surface area contributed by atoms with Crippen LogP contribution in [-0.2, 0) is 4.79 Å². The van der Waals surface area contributed by atoms with E-state index in [1.165, 1.54) is 17.8 Å². The van der Waals surface area contributed by atoms with Gasteiger partial charge in [0.15, 0.2) is 0 Å². The molecule has 1 aliphatic heterocycles. The third-order valence-electron chi connectivity index (χ3n) is 4.53. The van der Waals surface area contributed by atoms with Crippen molar-refractivity contribution in [2.45, 2.75) is 58.4 Å². The number of piperidine rings is 1. The van der Waals surface area contributed by atoms with Gasteiger partial charge in [0.1, 0.15) is 5.01 Å². The highest BCUT2D eigenvalue weighted by Gasteiger charge is 2.33. The Balaban J connectivity index is 1.66. The average molecular weight is 322 g/mol. The molecular formula is C16H26N4OS. The number of likely N-dealkylation sites (N-methyl/N-ethyl adjacent to an activating group) is 1. The largest absolute Gasteiger partial charge is 0.345 e. The van der Waals surface area contributed by atoms with E-state index in [1.807, 2.05) is 32.7 Å². The van der Waals surface area contributed by atoms with Gasteiger partial charge in [0.25, 0.3) is 0 Å². The molecule has 1 amide bonds. The molecule has 5 nitrogen and oxygen atoms in total. The number of anilines is 1. The van der Waals surface area contributed by atoms with Gasteiger partial charge in [0.2, 0.25) is 11.0 Å². The van der Waals surface area contributed by atoms with Crippen molar-refractivity contribution in [3.8, 4) is 0 Å². The quantitative estimate of drug-likeness (QED) is 0.858. The minimum Gasteiger partial charge on any atom is -0.345 e. The first-order valence-electron chi connectivity index (χ1n) is 8.22. The van der Waals surface area contributed by atoms with Gasteiger partial charge in [-0.2, -0.15) is 0 Å². The topological polar surface area (TPSA) is 49.3 Å². The standard InChI is InChI=1S/C16H26N4OS/c1-16(2,3)14(21)19(4)12-6-5-9-20(10-12)15-18-17-13(22-15)11-7-8-11/h11-12H,5-10H2,1-4H3. The van der Waals surface area contributed by atoms with Crippen LogP contribution in [-0.4, -0.2) is 47.2 Å². The molecule has 1 aromatic heterocycles. The van der Waals surface area contributed by atoms with Crippen LogP contribution in [0.25, 0.3) is 0 Å². The lowest BCUT2D eigenvalue weighted by Crippen LogP contribution is -2.51. The maximum atomic E-state index is 12.5. The first kappa shape index (κ1) is 15.7. The maximum absolute atomic E-state index is 12.5. The van der Waals surface area contributed by atoms with Crippen LogP contribution in [0.5, 0.6) is 0 Å². The molecule has 0 N–H and O–H groups in total. The Morgan fingerprint density at radius 1 is 1.27 bits per heavy atom. The van der Waals surface area contributed by atoms with Gasteiger partial charge in [-0.25, -0.2) is 0 Å². The fourth-order valence-electron chi connectivity index (χ4n) is 2.99. The molecule has 22 heavy (non-hydrogen) atoms. The van der Waals surface area contributed by atoms with Crippen LogP contribution in [0.1, 0.15) is 57.4 Å². The summed E-state index contributed by atoms with van der Waals surface area (Å²) in [4.78, 5) is 16.7. The lowest BCUT2D eigenvalue weighted by molar-refractivity contribution is -0.140. The van der Waals surface area contributed by atoms with E-state index in [9.17, 15) is 4.79 Å². The van der Waals surface area contributed by atoms with Gasteiger partial charge < -0.3 is 9.80 Å². The summed E-state index contributed by atoms with van der Waals surface area (Å²) in [5, 5.41) is 10.9. The van der Waals surface area contributed by atoms with Gasteiger partial charge in [-0.05, 0) is 25.7 Å². The zero-order chi connectivity index (χ0) is 15.9. The van der Waals surface area contributed by atoms with Gasteiger partial charge in [-0.15, -0.1) is 10.2 Å². The molecule has 6 heteroatoms. The van der Waals surface area contributed by atoms with Gasteiger partial charge in [0.05, 0.1) is 0 Å². The molecular weight excluding hydrogens is 296 g/mol. The molecule has 0 radical (unpaired) electrons. The van der Waals surface area contributed by atoms with Gasteiger partial charge in [-0.1, -0.05) is 32.1 Å². The molecule has 1 aliphatic carbocycles. The summed E-state index contributed by atoms with van der Waals surface area (Å²) in [6, 6.07) is 0.272. The number of hydrogen-bond donors (Lipinski definition) is 0. The van der Waals surface area contributed by atoms with Crippen LogP contribution < -0.4 is 4.90 Å². The number of carbonyl (C=O) groups is 1. The van der Waals surface area contributed by atoms with E-state index in [0.29, 0.717) is 5.92 Å². The first-order valence-corrected chi connectivity index (χ1v) is 9.03. The highest BCUT2D eigenvalue weighted by molar-refractivity contribution is 7.15. The van der Waals surface area contributed by atoms with E-state index in [1.54, 1.807) is 11.3 Å². The van der Waals surface area contributed by atoms with E-state index >= 15 is 0 Å². The highest BCUT2D eigenvalue weighted by Crippen LogP contribution is 2.42. The second kappa shape index (κ2) is 5.80. The maximum Gasteiger partial charge on any atom is 0.227 e. The molecule has 1 aromatic rings. The van der Waals surface area contributed by atoms with E-state index < -0.39 is 0 Å². The third kappa shape index (κ3) is 3.26. The molecule has 1 atom stereocenters. The van der Waals surface area contributed by atoms with Crippen LogP contribution >= 0.6 is 11.3 Å². The summed E-state index contributed by atoms with van der Waals surface area (Å²) >= 11 is 1.74. The van der Waals surface area contributed by atoms with Crippen molar-refractivity contribution in [3.05, 3.63) is 5.01 Å². The fourth-order valence-corrected chi connectivity index (χ4v) is 4.04. The average Bonchev–Trinajstić information content (AvgIpc) is 3.22. The molecule has 122 valence electrons. The Morgan fingerprint density at radius 3 is 2.64 bits per heavy atom. The van der Waals surface area contributed by atoms with E-state index in [4.69, 9.17) is 0 Å². The predicted molar refractivity (Wildman–Crippen MR) is 89.3 cm³/mol. The molecule has 1 unspecified atom stereocenters. The van der Waals surface area contributed by atoms with Crippen molar-refractivity contribution in [3.63, 3.8) is 0 Å². The first-order chi connectivity index (χ1) is 10.4. The Hall–Kier alpha value is -1.17. The summed E-state index contributed by atoms with van der Waals surface area (Å²) in [7, 11) is 1.94. The minimum atomic E-state index is -0.321. The number of amides is 1. The smallest absolute Gasteiger partial charge is 0.227 e. The number of nitrogens with zero attached hydrogens (tertiary/aromatic N) is 4. The molecule has 2 aliphatic rings. The number of aromatic nitrogens is 2. The van der Waals surface area contributed by atoms with Crippen molar-refractivity contribution in [2.75, 3.05) is 25.0 Å². The van der Waals surface area contributed by atoms with Gasteiger partial charge in [-0.3, -0.25) is 4.79 Å². The van der Waals surface area contributed by atoms with Gasteiger partial charge >= 0.3 is 0 Å². The number of rotatable bonds is 3. The monoisotopic (exact) mass is 322 g/mol. The Morgan fingerprint density at radius 2 is 2.00 bits per heavy atom. The minimum absolute atomic E-state index is 0.218. The Labute approximate surface area is 136 Å². The summed E-state index contributed by atoms with van der Waals surface area (Å²) in [6.07, 6.45) is 4.70. The van der Waals surface area contributed by atoms with Crippen LogP contribution in [0.15, 0.2) is 0 Å². The Kier molecular flexibility index (Phi) is 4.14. The zero-order valence-electron chi connectivity index (χ0n) is 14.0. The summed E-state index contributed by atoms with van der Waals surface area (Å²) in [6.45, 7) is 7.85. The second-order valence-electron chi connectivity index (χ2n) is 7.61. The van der Waals surface area contributed by atoms with Crippen LogP contribution in [0.3, 0.4) is 0 Å². The zero-order valence-corrected chi connectivity index (χ0v) is 14.8. The fraction of sp³-hybridized carbons (Fsp3) is 0.812. The molecule has 1 saturated carbocycles. The normalized spacial score (nSPS) is 22.7. The van der Waals surface area contributed by atoms with E-state index in [2.05, 4.69) is 15.1 Å². The van der Waals surface area contributed by atoms with Crippen molar-refractivity contribution in [1.29, 1.82) is 0 Å². The molecule has 3 rings (SSSR count).